The molecule has 1 aliphatic carbocycles. The van der Waals surface area contributed by atoms with Crippen LogP contribution in [0, 0.1) is 5.92 Å². The van der Waals surface area contributed by atoms with Gasteiger partial charge in [0.25, 0.3) is 0 Å². The highest BCUT2D eigenvalue weighted by Crippen LogP contribution is 2.25. The minimum Gasteiger partial charge on any atom is -0.481 e. The SMILES string of the molecule is O=C(Cc1ccon1)N[C@H]1CC[C@@H](C(=O)O)C1. The summed E-state index contributed by atoms with van der Waals surface area (Å²) < 4.78 is 4.63. The Balaban J connectivity index is 1.78. The van der Waals surface area contributed by atoms with Gasteiger partial charge < -0.3 is 14.9 Å². The van der Waals surface area contributed by atoms with Crippen LogP contribution < -0.4 is 5.32 Å². The van der Waals surface area contributed by atoms with Crippen LogP contribution in [0.25, 0.3) is 0 Å². The molecule has 2 atom stereocenters. The van der Waals surface area contributed by atoms with E-state index >= 15 is 0 Å². The molecule has 2 rings (SSSR count). The number of rotatable bonds is 4. The van der Waals surface area contributed by atoms with Gasteiger partial charge in [-0.15, -0.1) is 0 Å². The zero-order valence-corrected chi connectivity index (χ0v) is 9.26. The fourth-order valence-electron chi connectivity index (χ4n) is 2.11. The topological polar surface area (TPSA) is 92.4 Å². The molecule has 0 aliphatic heterocycles. The van der Waals surface area contributed by atoms with Gasteiger partial charge in [0.05, 0.1) is 18.0 Å². The zero-order valence-electron chi connectivity index (χ0n) is 9.26. The molecule has 17 heavy (non-hydrogen) atoms. The van der Waals surface area contributed by atoms with Crippen LogP contribution in [0.15, 0.2) is 16.9 Å². The number of aliphatic carboxylic acids is 1. The Morgan fingerprint density at radius 1 is 1.53 bits per heavy atom. The van der Waals surface area contributed by atoms with E-state index in [0.717, 1.165) is 6.42 Å². The average molecular weight is 238 g/mol. The average Bonchev–Trinajstić information content (AvgIpc) is 2.88. The van der Waals surface area contributed by atoms with Crippen molar-refractivity contribution in [3.05, 3.63) is 18.0 Å². The van der Waals surface area contributed by atoms with E-state index < -0.39 is 5.97 Å². The van der Waals surface area contributed by atoms with E-state index in [9.17, 15) is 9.59 Å². The third-order valence-electron chi connectivity index (χ3n) is 2.98. The second kappa shape index (κ2) is 4.99. The van der Waals surface area contributed by atoms with Crippen molar-refractivity contribution in [1.82, 2.24) is 10.5 Å². The molecule has 0 aromatic carbocycles. The van der Waals surface area contributed by atoms with Gasteiger partial charge in [0.1, 0.15) is 6.26 Å². The first-order chi connectivity index (χ1) is 8.15. The molecule has 6 heteroatoms. The van der Waals surface area contributed by atoms with Gasteiger partial charge >= 0.3 is 5.97 Å². The Morgan fingerprint density at radius 2 is 2.35 bits per heavy atom. The van der Waals surface area contributed by atoms with Crippen LogP contribution in [0.5, 0.6) is 0 Å². The second-order valence-electron chi connectivity index (χ2n) is 4.28. The predicted molar refractivity (Wildman–Crippen MR) is 57.1 cm³/mol. The lowest BCUT2D eigenvalue weighted by atomic mass is 10.1. The lowest BCUT2D eigenvalue weighted by molar-refractivity contribution is -0.141. The van der Waals surface area contributed by atoms with Crippen LogP contribution in [0.2, 0.25) is 0 Å². The number of nitrogens with zero attached hydrogens (tertiary/aromatic N) is 1. The van der Waals surface area contributed by atoms with Crippen LogP contribution >= 0.6 is 0 Å². The number of nitrogens with one attached hydrogen (secondary N) is 1. The fraction of sp³-hybridized carbons (Fsp3) is 0.545. The van der Waals surface area contributed by atoms with Crippen LogP contribution in [-0.4, -0.2) is 28.2 Å². The number of carbonyl (C=O) groups is 2. The largest absolute Gasteiger partial charge is 0.481 e. The van der Waals surface area contributed by atoms with Gasteiger partial charge in [-0.2, -0.15) is 0 Å². The molecule has 1 aromatic heterocycles. The van der Waals surface area contributed by atoms with Crippen molar-refractivity contribution in [1.29, 1.82) is 0 Å². The van der Waals surface area contributed by atoms with Crippen molar-refractivity contribution in [2.24, 2.45) is 5.92 Å². The molecule has 2 N–H and O–H groups in total. The highest BCUT2D eigenvalue weighted by molar-refractivity contribution is 5.78. The molecule has 0 saturated heterocycles. The van der Waals surface area contributed by atoms with Crippen molar-refractivity contribution in [3.63, 3.8) is 0 Å². The van der Waals surface area contributed by atoms with E-state index in [0.29, 0.717) is 18.5 Å². The minimum atomic E-state index is -0.779. The number of aromatic nitrogens is 1. The normalized spacial score (nSPS) is 23.5. The van der Waals surface area contributed by atoms with E-state index in [2.05, 4.69) is 15.0 Å². The Kier molecular flexibility index (Phi) is 3.41. The maximum atomic E-state index is 11.6. The number of carboxylic acid groups (broad SMARTS) is 1. The third-order valence-corrected chi connectivity index (χ3v) is 2.98. The van der Waals surface area contributed by atoms with E-state index in [-0.39, 0.29) is 24.3 Å². The highest BCUT2D eigenvalue weighted by atomic mass is 16.5. The van der Waals surface area contributed by atoms with E-state index in [4.69, 9.17) is 5.11 Å². The smallest absolute Gasteiger partial charge is 0.306 e. The monoisotopic (exact) mass is 238 g/mol. The summed E-state index contributed by atoms with van der Waals surface area (Å²) in [7, 11) is 0. The Labute approximate surface area is 98.0 Å². The summed E-state index contributed by atoms with van der Waals surface area (Å²) >= 11 is 0. The first-order valence-corrected chi connectivity index (χ1v) is 5.56. The highest BCUT2D eigenvalue weighted by Gasteiger charge is 2.30. The van der Waals surface area contributed by atoms with E-state index in [1.807, 2.05) is 0 Å². The van der Waals surface area contributed by atoms with Gasteiger partial charge in [-0.3, -0.25) is 9.59 Å². The maximum Gasteiger partial charge on any atom is 0.306 e. The maximum absolute atomic E-state index is 11.6. The summed E-state index contributed by atoms with van der Waals surface area (Å²) in [6, 6.07) is 1.60. The lowest BCUT2D eigenvalue weighted by Crippen LogP contribution is -2.34. The number of hydrogen-bond donors (Lipinski definition) is 2. The first kappa shape index (κ1) is 11.6. The quantitative estimate of drug-likeness (QED) is 0.800. The van der Waals surface area contributed by atoms with Gasteiger partial charge in [0.15, 0.2) is 0 Å². The lowest BCUT2D eigenvalue weighted by Gasteiger charge is -2.11. The van der Waals surface area contributed by atoms with Crippen LogP contribution in [0.1, 0.15) is 25.0 Å². The number of hydrogen-bond acceptors (Lipinski definition) is 4. The van der Waals surface area contributed by atoms with Gasteiger partial charge in [-0.1, -0.05) is 5.16 Å². The molecule has 1 amide bonds. The number of carbonyl (C=O) groups excluding carboxylic acids is 1. The summed E-state index contributed by atoms with van der Waals surface area (Å²) in [5.74, 6) is -1.25. The van der Waals surface area contributed by atoms with Crippen molar-refractivity contribution in [3.8, 4) is 0 Å². The molecular weight excluding hydrogens is 224 g/mol. The fourth-order valence-corrected chi connectivity index (χ4v) is 2.11. The molecule has 1 aromatic rings. The molecule has 92 valence electrons. The Morgan fingerprint density at radius 3 is 2.94 bits per heavy atom. The molecule has 0 radical (unpaired) electrons. The molecule has 6 nitrogen and oxygen atoms in total. The molecule has 1 heterocycles. The zero-order chi connectivity index (χ0) is 12.3. The summed E-state index contributed by atoms with van der Waals surface area (Å²) in [6.07, 6.45) is 3.45. The summed E-state index contributed by atoms with van der Waals surface area (Å²) in [4.78, 5) is 22.4. The van der Waals surface area contributed by atoms with Crippen molar-refractivity contribution in [2.45, 2.75) is 31.7 Å². The standard InChI is InChI=1S/C11H14N2O4/c14-10(6-9-3-4-17-13-9)12-8-2-1-7(5-8)11(15)16/h3-4,7-8H,1-2,5-6H2,(H,12,14)(H,15,16)/t7-,8+/m1/s1. The van der Waals surface area contributed by atoms with E-state index in [1.54, 1.807) is 6.07 Å². The molecule has 0 spiro atoms. The predicted octanol–water partition coefficient (Wildman–Crippen LogP) is 0.587. The van der Waals surface area contributed by atoms with Crippen molar-refractivity contribution >= 4 is 11.9 Å². The van der Waals surface area contributed by atoms with Crippen LogP contribution in [-0.2, 0) is 16.0 Å². The molecule has 1 fully saturated rings. The molecule has 1 aliphatic rings. The van der Waals surface area contributed by atoms with Crippen LogP contribution in [0.4, 0.5) is 0 Å². The second-order valence-corrected chi connectivity index (χ2v) is 4.28. The number of carboxylic acids is 1. The van der Waals surface area contributed by atoms with Gasteiger partial charge in [0.2, 0.25) is 5.91 Å². The molecule has 0 unspecified atom stereocenters. The molecular formula is C11H14N2O4. The van der Waals surface area contributed by atoms with Gasteiger partial charge in [-0.25, -0.2) is 0 Å². The van der Waals surface area contributed by atoms with Gasteiger partial charge in [-0.05, 0) is 19.3 Å². The van der Waals surface area contributed by atoms with Gasteiger partial charge in [0, 0.05) is 12.1 Å². The minimum absolute atomic E-state index is 0.0319. The van der Waals surface area contributed by atoms with E-state index in [1.165, 1.54) is 6.26 Å². The first-order valence-electron chi connectivity index (χ1n) is 5.56. The summed E-state index contributed by atoms with van der Waals surface area (Å²) in [5, 5.41) is 15.3. The summed E-state index contributed by atoms with van der Waals surface area (Å²) in [5.41, 5.74) is 0.579. The third kappa shape index (κ3) is 3.05. The van der Waals surface area contributed by atoms with Crippen LogP contribution in [0.3, 0.4) is 0 Å². The Bertz CT molecular complexity index is 402. The number of amides is 1. The van der Waals surface area contributed by atoms with Crippen molar-refractivity contribution in [2.75, 3.05) is 0 Å². The Hall–Kier alpha value is -1.85. The van der Waals surface area contributed by atoms with Crippen molar-refractivity contribution < 1.29 is 19.2 Å². The molecule has 0 bridgehead atoms. The summed E-state index contributed by atoms with van der Waals surface area (Å²) in [6.45, 7) is 0. The molecule has 1 saturated carbocycles.